The summed E-state index contributed by atoms with van der Waals surface area (Å²) >= 11 is 6.18. The highest BCUT2D eigenvalue weighted by atomic mass is 35.5. The molecule has 0 aliphatic heterocycles. The van der Waals surface area contributed by atoms with Crippen LogP contribution in [0.3, 0.4) is 0 Å². The summed E-state index contributed by atoms with van der Waals surface area (Å²) in [4.78, 5) is 12.7. The van der Waals surface area contributed by atoms with Crippen molar-refractivity contribution in [2.45, 2.75) is 65.3 Å². The van der Waals surface area contributed by atoms with E-state index in [9.17, 15) is 4.79 Å². The molecule has 0 spiro atoms. The second kappa shape index (κ2) is 6.75. The van der Waals surface area contributed by atoms with Gasteiger partial charge in [0.15, 0.2) is 5.78 Å². The SMILES string of the molecule is CCCC1CCC(C(=O)c2c(Cl)cnn2C(C)C)CC1. The average molecular weight is 297 g/mol. The Kier molecular flexibility index (Phi) is 5.25. The van der Waals surface area contributed by atoms with E-state index >= 15 is 0 Å². The minimum atomic E-state index is 0.134. The van der Waals surface area contributed by atoms with Crippen LogP contribution in [0.1, 0.15) is 75.8 Å². The second-order valence-electron chi connectivity index (χ2n) is 6.25. The fourth-order valence-corrected chi connectivity index (χ4v) is 3.50. The van der Waals surface area contributed by atoms with Crippen LogP contribution in [0, 0.1) is 11.8 Å². The van der Waals surface area contributed by atoms with Gasteiger partial charge in [0.25, 0.3) is 0 Å². The predicted molar refractivity (Wildman–Crippen MR) is 82.3 cm³/mol. The molecule has 3 nitrogen and oxygen atoms in total. The van der Waals surface area contributed by atoms with Crippen molar-refractivity contribution < 1.29 is 4.79 Å². The number of carbonyl (C=O) groups excluding carboxylic acids is 1. The van der Waals surface area contributed by atoms with Crippen LogP contribution in [0.25, 0.3) is 0 Å². The zero-order chi connectivity index (χ0) is 14.7. The summed E-state index contributed by atoms with van der Waals surface area (Å²) in [6, 6.07) is 0.165. The minimum absolute atomic E-state index is 0.134. The van der Waals surface area contributed by atoms with Crippen molar-refractivity contribution in [2.24, 2.45) is 11.8 Å². The molecule has 0 radical (unpaired) electrons. The van der Waals surface area contributed by atoms with Crippen molar-refractivity contribution >= 4 is 17.4 Å². The van der Waals surface area contributed by atoms with Gasteiger partial charge in [-0.05, 0) is 45.4 Å². The molecule has 0 aromatic carbocycles. The van der Waals surface area contributed by atoms with Crippen molar-refractivity contribution in [3.63, 3.8) is 0 Å². The van der Waals surface area contributed by atoms with E-state index in [0.717, 1.165) is 18.8 Å². The van der Waals surface area contributed by atoms with Crippen molar-refractivity contribution in [3.8, 4) is 0 Å². The molecule has 0 bridgehead atoms. The third kappa shape index (κ3) is 3.25. The van der Waals surface area contributed by atoms with E-state index in [1.165, 1.54) is 25.7 Å². The smallest absolute Gasteiger partial charge is 0.185 e. The molecule has 1 aromatic rings. The van der Waals surface area contributed by atoms with Gasteiger partial charge < -0.3 is 0 Å². The lowest BCUT2D eigenvalue weighted by atomic mass is 9.78. The average Bonchev–Trinajstić information content (AvgIpc) is 2.81. The molecule has 1 aliphatic carbocycles. The lowest BCUT2D eigenvalue weighted by Gasteiger charge is -2.27. The minimum Gasteiger partial charge on any atom is -0.292 e. The second-order valence-corrected chi connectivity index (χ2v) is 6.66. The molecule has 2 rings (SSSR count). The van der Waals surface area contributed by atoms with E-state index in [1.54, 1.807) is 10.9 Å². The van der Waals surface area contributed by atoms with Crippen LogP contribution in [0.15, 0.2) is 6.20 Å². The normalized spacial score (nSPS) is 23.2. The fraction of sp³-hybridized carbons (Fsp3) is 0.750. The topological polar surface area (TPSA) is 34.9 Å². The fourth-order valence-electron chi connectivity index (χ4n) is 3.28. The summed E-state index contributed by atoms with van der Waals surface area (Å²) in [5, 5.41) is 4.74. The number of halogens is 1. The van der Waals surface area contributed by atoms with Gasteiger partial charge in [0.2, 0.25) is 0 Å². The molecule has 1 fully saturated rings. The zero-order valence-corrected chi connectivity index (χ0v) is 13.5. The maximum Gasteiger partial charge on any atom is 0.185 e. The van der Waals surface area contributed by atoms with E-state index in [0.29, 0.717) is 10.7 Å². The first-order valence-corrected chi connectivity index (χ1v) is 8.19. The highest BCUT2D eigenvalue weighted by molar-refractivity contribution is 6.33. The number of ketones is 1. The van der Waals surface area contributed by atoms with Gasteiger partial charge in [-0.2, -0.15) is 5.10 Å². The number of nitrogens with zero attached hydrogens (tertiary/aromatic N) is 2. The Labute approximate surface area is 126 Å². The number of hydrogen-bond donors (Lipinski definition) is 0. The monoisotopic (exact) mass is 296 g/mol. The third-order valence-corrected chi connectivity index (χ3v) is 4.66. The van der Waals surface area contributed by atoms with E-state index in [-0.39, 0.29) is 17.7 Å². The van der Waals surface area contributed by atoms with Gasteiger partial charge in [0.1, 0.15) is 5.69 Å². The molecule has 0 amide bonds. The third-order valence-electron chi connectivity index (χ3n) is 4.39. The standard InChI is InChI=1S/C16H25ClN2O/c1-4-5-12-6-8-13(9-7-12)16(20)15-14(17)10-18-19(15)11(2)3/h10-13H,4-9H2,1-3H3. The van der Waals surface area contributed by atoms with Crippen LogP contribution in [0.4, 0.5) is 0 Å². The van der Waals surface area contributed by atoms with Crippen LogP contribution >= 0.6 is 11.6 Å². The highest BCUT2D eigenvalue weighted by Gasteiger charge is 2.30. The van der Waals surface area contributed by atoms with Crippen LogP contribution < -0.4 is 0 Å². The van der Waals surface area contributed by atoms with Gasteiger partial charge >= 0.3 is 0 Å². The number of aromatic nitrogens is 2. The van der Waals surface area contributed by atoms with Crippen LogP contribution in [0.5, 0.6) is 0 Å². The van der Waals surface area contributed by atoms with Crippen LogP contribution in [-0.4, -0.2) is 15.6 Å². The first-order valence-electron chi connectivity index (χ1n) is 7.81. The number of rotatable bonds is 5. The first kappa shape index (κ1) is 15.6. The van der Waals surface area contributed by atoms with Crippen molar-refractivity contribution in [1.82, 2.24) is 9.78 Å². The van der Waals surface area contributed by atoms with Gasteiger partial charge in [0, 0.05) is 12.0 Å². The number of carbonyl (C=O) groups is 1. The van der Waals surface area contributed by atoms with E-state index in [4.69, 9.17) is 11.6 Å². The molecular formula is C16H25ClN2O. The van der Waals surface area contributed by atoms with Gasteiger partial charge in [-0.25, -0.2) is 0 Å². The quantitative estimate of drug-likeness (QED) is 0.724. The molecule has 1 aromatic heterocycles. The molecule has 4 heteroatoms. The molecule has 0 unspecified atom stereocenters. The molecule has 1 saturated carbocycles. The molecular weight excluding hydrogens is 272 g/mol. The van der Waals surface area contributed by atoms with Gasteiger partial charge in [-0.3, -0.25) is 9.48 Å². The Morgan fingerprint density at radius 3 is 2.60 bits per heavy atom. The van der Waals surface area contributed by atoms with Crippen molar-refractivity contribution in [2.75, 3.05) is 0 Å². The lowest BCUT2D eigenvalue weighted by molar-refractivity contribution is 0.0857. The molecule has 0 saturated heterocycles. The van der Waals surface area contributed by atoms with Gasteiger partial charge in [-0.1, -0.05) is 31.4 Å². The maximum absolute atomic E-state index is 12.7. The summed E-state index contributed by atoms with van der Waals surface area (Å²) in [6.07, 6.45) is 8.50. The summed E-state index contributed by atoms with van der Waals surface area (Å²) in [5.74, 6) is 1.14. The Bertz CT molecular complexity index is 459. The van der Waals surface area contributed by atoms with Crippen molar-refractivity contribution in [1.29, 1.82) is 0 Å². The summed E-state index contributed by atoms with van der Waals surface area (Å²) in [6.45, 7) is 6.29. The largest absolute Gasteiger partial charge is 0.292 e. The Hall–Kier alpha value is -0.830. The molecule has 20 heavy (non-hydrogen) atoms. The van der Waals surface area contributed by atoms with E-state index in [1.807, 2.05) is 13.8 Å². The van der Waals surface area contributed by atoms with Gasteiger partial charge in [0.05, 0.1) is 11.2 Å². The summed E-state index contributed by atoms with van der Waals surface area (Å²) in [7, 11) is 0. The Morgan fingerprint density at radius 1 is 1.40 bits per heavy atom. The predicted octanol–water partition coefficient (Wildman–Crippen LogP) is 4.91. The molecule has 1 heterocycles. The van der Waals surface area contributed by atoms with Crippen molar-refractivity contribution in [3.05, 3.63) is 16.9 Å². The number of hydrogen-bond acceptors (Lipinski definition) is 2. The van der Waals surface area contributed by atoms with E-state index < -0.39 is 0 Å². The van der Waals surface area contributed by atoms with E-state index in [2.05, 4.69) is 12.0 Å². The summed E-state index contributed by atoms with van der Waals surface area (Å²) in [5.41, 5.74) is 0.612. The summed E-state index contributed by atoms with van der Waals surface area (Å²) < 4.78 is 1.77. The zero-order valence-electron chi connectivity index (χ0n) is 12.7. The molecule has 0 N–H and O–H groups in total. The molecule has 112 valence electrons. The molecule has 0 atom stereocenters. The highest BCUT2D eigenvalue weighted by Crippen LogP contribution is 2.34. The Morgan fingerprint density at radius 2 is 2.05 bits per heavy atom. The number of Topliss-reactive ketones (excluding diaryl/α,β-unsaturated/α-hetero) is 1. The Balaban J connectivity index is 2.07. The maximum atomic E-state index is 12.7. The molecule has 1 aliphatic rings. The van der Waals surface area contributed by atoms with Gasteiger partial charge in [-0.15, -0.1) is 0 Å². The van der Waals surface area contributed by atoms with Crippen LogP contribution in [0.2, 0.25) is 5.02 Å². The first-order chi connectivity index (χ1) is 9.54. The lowest BCUT2D eigenvalue weighted by Crippen LogP contribution is -2.25. The van der Waals surface area contributed by atoms with Crippen LogP contribution in [-0.2, 0) is 0 Å².